The zero-order valence-electron chi connectivity index (χ0n) is 11.8. The summed E-state index contributed by atoms with van der Waals surface area (Å²) in [6, 6.07) is 0. The Kier molecular flexibility index (Phi) is 4.98. The molecule has 1 fully saturated rings. The number of thiazole rings is 1. The topological polar surface area (TPSA) is 79.5 Å². The van der Waals surface area contributed by atoms with Crippen LogP contribution >= 0.6 is 11.3 Å². The Morgan fingerprint density at radius 3 is 2.75 bits per heavy atom. The SMILES string of the molecule is CCCN(C)c1nc(N)c(C(=O)N2CCS(=O)CC2)s1. The molecule has 1 aliphatic rings. The molecule has 0 bridgehead atoms. The molecule has 1 aliphatic heterocycles. The van der Waals surface area contributed by atoms with Gasteiger partial charge in [-0.25, -0.2) is 4.98 Å². The van der Waals surface area contributed by atoms with Crippen LogP contribution in [0.3, 0.4) is 0 Å². The number of anilines is 2. The van der Waals surface area contributed by atoms with E-state index in [1.165, 1.54) is 11.3 Å². The number of rotatable bonds is 4. The lowest BCUT2D eigenvalue weighted by Crippen LogP contribution is -2.41. The molecule has 0 spiro atoms. The quantitative estimate of drug-likeness (QED) is 0.888. The van der Waals surface area contributed by atoms with Gasteiger partial charge in [0, 0.05) is 49.0 Å². The second-order valence-corrected chi connectivity index (χ2v) is 7.45. The summed E-state index contributed by atoms with van der Waals surface area (Å²) in [5.41, 5.74) is 5.88. The Balaban J connectivity index is 2.12. The highest BCUT2D eigenvalue weighted by Crippen LogP contribution is 2.29. The summed E-state index contributed by atoms with van der Waals surface area (Å²) in [5, 5.41) is 0.772. The first-order chi connectivity index (χ1) is 9.52. The summed E-state index contributed by atoms with van der Waals surface area (Å²) in [7, 11) is 1.15. The third-order valence-corrected chi connectivity index (χ3v) is 5.64. The fourth-order valence-corrected chi connectivity index (χ4v) is 4.04. The number of nitrogen functional groups attached to an aromatic ring is 1. The fraction of sp³-hybridized carbons (Fsp3) is 0.667. The van der Waals surface area contributed by atoms with Gasteiger partial charge in [-0.15, -0.1) is 0 Å². The summed E-state index contributed by atoms with van der Waals surface area (Å²) in [5.74, 6) is 1.30. The van der Waals surface area contributed by atoms with Crippen molar-refractivity contribution in [3.63, 3.8) is 0 Å². The van der Waals surface area contributed by atoms with Crippen LogP contribution in [-0.2, 0) is 10.8 Å². The van der Waals surface area contributed by atoms with Crippen molar-refractivity contribution in [1.29, 1.82) is 0 Å². The molecule has 2 N–H and O–H groups in total. The van der Waals surface area contributed by atoms with Crippen LogP contribution in [0, 0.1) is 0 Å². The molecular formula is C12H20N4O2S2. The molecule has 6 nitrogen and oxygen atoms in total. The molecule has 0 atom stereocenters. The normalized spacial score (nSPS) is 16.4. The van der Waals surface area contributed by atoms with E-state index in [9.17, 15) is 9.00 Å². The first-order valence-corrected chi connectivity index (χ1v) is 8.95. The maximum Gasteiger partial charge on any atom is 0.267 e. The maximum absolute atomic E-state index is 12.4. The van der Waals surface area contributed by atoms with E-state index in [-0.39, 0.29) is 5.91 Å². The zero-order valence-corrected chi connectivity index (χ0v) is 13.4. The van der Waals surface area contributed by atoms with Crippen molar-refractivity contribution in [3.8, 4) is 0 Å². The smallest absolute Gasteiger partial charge is 0.267 e. The molecule has 112 valence electrons. The number of nitrogens with zero attached hydrogens (tertiary/aromatic N) is 3. The molecule has 20 heavy (non-hydrogen) atoms. The van der Waals surface area contributed by atoms with Crippen molar-refractivity contribution in [2.75, 3.05) is 48.8 Å². The predicted octanol–water partition coefficient (Wildman–Crippen LogP) is 0.776. The second-order valence-electron chi connectivity index (χ2n) is 4.77. The van der Waals surface area contributed by atoms with Crippen molar-refractivity contribution in [2.24, 2.45) is 0 Å². The van der Waals surface area contributed by atoms with E-state index in [4.69, 9.17) is 5.73 Å². The van der Waals surface area contributed by atoms with Gasteiger partial charge in [0.15, 0.2) is 5.13 Å². The minimum Gasteiger partial charge on any atom is -0.382 e. The van der Waals surface area contributed by atoms with Gasteiger partial charge < -0.3 is 15.5 Å². The molecule has 1 aromatic rings. The van der Waals surface area contributed by atoms with E-state index in [2.05, 4.69) is 11.9 Å². The predicted molar refractivity (Wildman–Crippen MR) is 83.9 cm³/mol. The highest BCUT2D eigenvalue weighted by molar-refractivity contribution is 7.85. The number of hydrogen-bond donors (Lipinski definition) is 1. The van der Waals surface area contributed by atoms with Gasteiger partial charge in [0.2, 0.25) is 0 Å². The Hall–Kier alpha value is -1.15. The largest absolute Gasteiger partial charge is 0.382 e. The third kappa shape index (κ3) is 3.29. The summed E-state index contributed by atoms with van der Waals surface area (Å²) < 4.78 is 11.3. The van der Waals surface area contributed by atoms with E-state index in [0.717, 1.165) is 18.1 Å². The molecule has 2 rings (SSSR count). The average Bonchev–Trinajstić information content (AvgIpc) is 2.81. The van der Waals surface area contributed by atoms with Gasteiger partial charge in [0.25, 0.3) is 5.91 Å². The van der Waals surface area contributed by atoms with Gasteiger partial charge in [0.05, 0.1) is 0 Å². The average molecular weight is 316 g/mol. The number of nitrogens with two attached hydrogens (primary N) is 1. The molecule has 1 saturated heterocycles. The minimum atomic E-state index is -0.790. The molecule has 0 unspecified atom stereocenters. The Bertz CT molecular complexity index is 508. The van der Waals surface area contributed by atoms with Crippen molar-refractivity contribution in [3.05, 3.63) is 4.88 Å². The standard InChI is InChI=1S/C12H20N4O2S2/c1-3-4-15(2)12-14-10(13)9(19-12)11(17)16-5-7-20(18)8-6-16/h3-8,13H2,1-2H3. The number of amides is 1. The summed E-state index contributed by atoms with van der Waals surface area (Å²) in [6.07, 6.45) is 1.01. The van der Waals surface area contributed by atoms with Crippen LogP contribution in [0.2, 0.25) is 0 Å². The van der Waals surface area contributed by atoms with Gasteiger partial charge in [-0.3, -0.25) is 9.00 Å². The van der Waals surface area contributed by atoms with E-state index in [0.29, 0.717) is 35.3 Å². The number of carbonyl (C=O) groups is 1. The van der Waals surface area contributed by atoms with E-state index in [1.807, 2.05) is 11.9 Å². The van der Waals surface area contributed by atoms with Crippen LogP contribution in [0.15, 0.2) is 0 Å². The maximum atomic E-state index is 12.4. The van der Waals surface area contributed by atoms with E-state index < -0.39 is 10.8 Å². The number of hydrogen-bond acceptors (Lipinski definition) is 6. The summed E-state index contributed by atoms with van der Waals surface area (Å²) in [4.78, 5) is 20.9. The zero-order chi connectivity index (χ0) is 14.7. The van der Waals surface area contributed by atoms with Gasteiger partial charge in [-0.05, 0) is 6.42 Å². The second kappa shape index (κ2) is 6.53. The highest BCUT2D eigenvalue weighted by atomic mass is 32.2. The van der Waals surface area contributed by atoms with Gasteiger partial charge in [-0.1, -0.05) is 18.3 Å². The Labute approximate surface area is 125 Å². The molecule has 2 heterocycles. The Morgan fingerprint density at radius 2 is 2.15 bits per heavy atom. The lowest BCUT2D eigenvalue weighted by Gasteiger charge is -2.25. The molecule has 0 radical (unpaired) electrons. The molecule has 0 aliphatic carbocycles. The number of carbonyl (C=O) groups excluding carboxylic acids is 1. The van der Waals surface area contributed by atoms with Crippen LogP contribution in [0.25, 0.3) is 0 Å². The molecular weight excluding hydrogens is 296 g/mol. The molecule has 0 saturated carbocycles. The van der Waals surface area contributed by atoms with Crippen LogP contribution < -0.4 is 10.6 Å². The van der Waals surface area contributed by atoms with Crippen molar-refractivity contribution in [1.82, 2.24) is 9.88 Å². The van der Waals surface area contributed by atoms with Crippen LogP contribution in [0.4, 0.5) is 10.9 Å². The molecule has 1 aromatic heterocycles. The molecule has 1 amide bonds. The number of aromatic nitrogens is 1. The van der Waals surface area contributed by atoms with Crippen molar-refractivity contribution >= 4 is 39.0 Å². The lowest BCUT2D eigenvalue weighted by molar-refractivity contribution is 0.0777. The lowest BCUT2D eigenvalue weighted by atomic mass is 10.4. The summed E-state index contributed by atoms with van der Waals surface area (Å²) in [6.45, 7) is 4.03. The summed E-state index contributed by atoms with van der Waals surface area (Å²) >= 11 is 1.33. The van der Waals surface area contributed by atoms with E-state index in [1.54, 1.807) is 4.90 Å². The van der Waals surface area contributed by atoms with Crippen molar-refractivity contribution < 1.29 is 9.00 Å². The van der Waals surface area contributed by atoms with Crippen molar-refractivity contribution in [2.45, 2.75) is 13.3 Å². The van der Waals surface area contributed by atoms with Crippen LogP contribution in [0.1, 0.15) is 23.0 Å². The van der Waals surface area contributed by atoms with Gasteiger partial charge in [0.1, 0.15) is 10.7 Å². The monoisotopic (exact) mass is 316 g/mol. The third-order valence-electron chi connectivity index (χ3n) is 3.19. The van der Waals surface area contributed by atoms with Gasteiger partial charge in [-0.2, -0.15) is 0 Å². The minimum absolute atomic E-state index is 0.0900. The molecule has 8 heteroatoms. The Morgan fingerprint density at radius 1 is 1.50 bits per heavy atom. The highest BCUT2D eigenvalue weighted by Gasteiger charge is 2.25. The van der Waals surface area contributed by atoms with E-state index >= 15 is 0 Å². The fourth-order valence-electron chi connectivity index (χ4n) is 2.05. The van der Waals surface area contributed by atoms with Crippen LogP contribution in [-0.4, -0.2) is 58.2 Å². The van der Waals surface area contributed by atoms with Gasteiger partial charge >= 0.3 is 0 Å². The van der Waals surface area contributed by atoms with Crippen LogP contribution in [0.5, 0.6) is 0 Å². The first kappa shape index (κ1) is 15.2. The first-order valence-electron chi connectivity index (χ1n) is 6.64. The molecule has 0 aromatic carbocycles.